The molecule has 0 radical (unpaired) electrons. The number of amides is 1. The lowest BCUT2D eigenvalue weighted by Crippen LogP contribution is -2.19. The van der Waals surface area contributed by atoms with Gasteiger partial charge in [-0.1, -0.05) is 54.2 Å². The number of hydrogen-bond acceptors (Lipinski definition) is 3. The van der Waals surface area contributed by atoms with Gasteiger partial charge in [0.25, 0.3) is 0 Å². The van der Waals surface area contributed by atoms with E-state index in [1.165, 1.54) is 23.9 Å². The second kappa shape index (κ2) is 7.86. The van der Waals surface area contributed by atoms with E-state index in [2.05, 4.69) is 10.3 Å². The van der Waals surface area contributed by atoms with E-state index in [9.17, 15) is 9.18 Å². The van der Waals surface area contributed by atoms with Crippen molar-refractivity contribution in [2.24, 2.45) is 7.05 Å². The highest BCUT2D eigenvalue weighted by Gasteiger charge is 2.24. The first-order valence-electron chi connectivity index (χ1n) is 8.81. The maximum atomic E-state index is 13.2. The van der Waals surface area contributed by atoms with Crippen molar-refractivity contribution in [1.29, 1.82) is 0 Å². The molecule has 1 heterocycles. The lowest BCUT2D eigenvalue weighted by Gasteiger charge is -2.17. The Morgan fingerprint density at radius 1 is 1.00 bits per heavy atom. The van der Waals surface area contributed by atoms with Crippen molar-refractivity contribution in [2.75, 3.05) is 5.32 Å². The monoisotopic (exact) mass is 391 g/mol. The van der Waals surface area contributed by atoms with Crippen molar-refractivity contribution in [3.8, 4) is 0 Å². The highest BCUT2D eigenvalue weighted by Crippen LogP contribution is 2.36. The average Bonchev–Trinajstić information content (AvgIpc) is 3.04. The number of para-hydroxylation sites is 2. The van der Waals surface area contributed by atoms with Gasteiger partial charge in [-0.05, 0) is 42.0 Å². The lowest BCUT2D eigenvalue weighted by molar-refractivity contribution is -0.115. The minimum absolute atomic E-state index is 0.185. The highest BCUT2D eigenvalue weighted by atomic mass is 32.2. The van der Waals surface area contributed by atoms with Crippen LogP contribution in [0.2, 0.25) is 0 Å². The average molecular weight is 391 g/mol. The Labute approximate surface area is 166 Å². The quantitative estimate of drug-likeness (QED) is 0.477. The van der Waals surface area contributed by atoms with Crippen LogP contribution in [0.3, 0.4) is 0 Å². The number of imidazole rings is 1. The number of fused-ring (bicyclic) bond motifs is 1. The summed E-state index contributed by atoms with van der Waals surface area (Å²) in [6.07, 6.45) is 0. The summed E-state index contributed by atoms with van der Waals surface area (Å²) in [5.74, 6) is -0.526. The van der Waals surface area contributed by atoms with Crippen LogP contribution in [-0.4, -0.2) is 15.5 Å². The first-order valence-corrected chi connectivity index (χ1v) is 9.69. The molecule has 0 unspecified atom stereocenters. The van der Waals surface area contributed by atoms with Crippen molar-refractivity contribution in [2.45, 2.75) is 10.4 Å². The second-order valence-corrected chi connectivity index (χ2v) is 7.42. The number of aromatic nitrogens is 2. The van der Waals surface area contributed by atoms with Gasteiger partial charge in [0.1, 0.15) is 11.1 Å². The number of nitrogens with one attached hydrogen (secondary N) is 1. The maximum absolute atomic E-state index is 13.2. The van der Waals surface area contributed by atoms with Gasteiger partial charge in [-0.15, -0.1) is 0 Å². The number of carbonyl (C=O) groups is 1. The molecule has 4 nitrogen and oxygen atoms in total. The van der Waals surface area contributed by atoms with Gasteiger partial charge < -0.3 is 9.88 Å². The van der Waals surface area contributed by atoms with Gasteiger partial charge in [0.15, 0.2) is 5.16 Å². The summed E-state index contributed by atoms with van der Waals surface area (Å²) in [5.41, 5.74) is 3.33. The summed E-state index contributed by atoms with van der Waals surface area (Å²) < 4.78 is 15.1. The minimum Gasteiger partial charge on any atom is -0.325 e. The van der Waals surface area contributed by atoms with Gasteiger partial charge in [0.2, 0.25) is 5.91 Å². The minimum atomic E-state index is -0.498. The molecule has 1 aromatic heterocycles. The first kappa shape index (κ1) is 18.3. The van der Waals surface area contributed by atoms with Gasteiger partial charge in [0, 0.05) is 12.7 Å². The van der Waals surface area contributed by atoms with E-state index < -0.39 is 5.25 Å². The van der Waals surface area contributed by atoms with E-state index >= 15 is 0 Å². The van der Waals surface area contributed by atoms with Crippen LogP contribution in [0.1, 0.15) is 10.8 Å². The Balaban J connectivity index is 1.66. The highest BCUT2D eigenvalue weighted by molar-refractivity contribution is 8.00. The zero-order valence-corrected chi connectivity index (χ0v) is 16.0. The molecule has 0 saturated carbocycles. The molecule has 0 spiro atoms. The number of aryl methyl sites for hydroxylation is 1. The fourth-order valence-electron chi connectivity index (χ4n) is 2.98. The van der Waals surface area contributed by atoms with Crippen molar-refractivity contribution in [1.82, 2.24) is 9.55 Å². The first-order chi connectivity index (χ1) is 13.6. The van der Waals surface area contributed by atoms with Gasteiger partial charge in [-0.2, -0.15) is 0 Å². The Hall–Kier alpha value is -3.12. The maximum Gasteiger partial charge on any atom is 0.242 e. The lowest BCUT2D eigenvalue weighted by atomic mass is 10.1. The van der Waals surface area contributed by atoms with Crippen LogP contribution >= 0.6 is 11.8 Å². The summed E-state index contributed by atoms with van der Waals surface area (Å²) in [6, 6.07) is 23.2. The largest absolute Gasteiger partial charge is 0.325 e. The smallest absolute Gasteiger partial charge is 0.242 e. The summed E-state index contributed by atoms with van der Waals surface area (Å²) in [7, 11) is 1.94. The molecule has 0 aliphatic carbocycles. The molecule has 0 bridgehead atoms. The third kappa shape index (κ3) is 3.77. The van der Waals surface area contributed by atoms with E-state index in [4.69, 9.17) is 0 Å². The molecule has 1 amide bonds. The van der Waals surface area contributed by atoms with Crippen LogP contribution in [0.5, 0.6) is 0 Å². The molecule has 3 aromatic carbocycles. The zero-order chi connectivity index (χ0) is 19.5. The van der Waals surface area contributed by atoms with Gasteiger partial charge in [-0.25, -0.2) is 9.37 Å². The third-order valence-electron chi connectivity index (χ3n) is 4.42. The summed E-state index contributed by atoms with van der Waals surface area (Å²) in [6.45, 7) is 0. The summed E-state index contributed by atoms with van der Waals surface area (Å²) in [5, 5.41) is 3.13. The van der Waals surface area contributed by atoms with Crippen LogP contribution in [0.25, 0.3) is 11.0 Å². The van der Waals surface area contributed by atoms with E-state index in [0.717, 1.165) is 21.8 Å². The van der Waals surface area contributed by atoms with Crippen LogP contribution < -0.4 is 5.32 Å². The normalized spacial score (nSPS) is 12.1. The predicted octanol–water partition coefficient (Wildman–Crippen LogP) is 5.18. The van der Waals surface area contributed by atoms with E-state index in [1.807, 2.05) is 66.2 Å². The van der Waals surface area contributed by atoms with Crippen LogP contribution in [-0.2, 0) is 11.8 Å². The number of carbonyl (C=O) groups excluding carboxylic acids is 1. The van der Waals surface area contributed by atoms with E-state index in [0.29, 0.717) is 5.69 Å². The molecular weight excluding hydrogens is 373 g/mol. The second-order valence-electron chi connectivity index (χ2n) is 6.35. The van der Waals surface area contributed by atoms with Crippen molar-refractivity contribution >= 4 is 34.4 Å². The molecule has 0 saturated heterocycles. The molecule has 0 aliphatic heterocycles. The van der Waals surface area contributed by atoms with Crippen molar-refractivity contribution < 1.29 is 9.18 Å². The molecule has 6 heteroatoms. The number of anilines is 1. The van der Waals surface area contributed by atoms with Crippen molar-refractivity contribution in [3.05, 3.63) is 90.2 Å². The molecule has 4 rings (SSSR count). The number of thioether (sulfide) groups is 1. The molecule has 28 heavy (non-hydrogen) atoms. The molecule has 0 aliphatic rings. The SMILES string of the molecule is Cn1c(S[C@@H](C(=O)Nc2ccc(F)cc2)c2ccccc2)nc2ccccc21. The Kier molecular flexibility index (Phi) is 5.12. The number of rotatable bonds is 5. The zero-order valence-electron chi connectivity index (χ0n) is 15.2. The topological polar surface area (TPSA) is 46.9 Å². The Bertz CT molecular complexity index is 1110. The van der Waals surface area contributed by atoms with E-state index in [1.54, 1.807) is 12.1 Å². The van der Waals surface area contributed by atoms with Crippen LogP contribution in [0.15, 0.2) is 84.0 Å². The molecule has 140 valence electrons. The van der Waals surface area contributed by atoms with E-state index in [-0.39, 0.29) is 11.7 Å². The molecular formula is C22H18FN3OS. The molecule has 1 atom stereocenters. The molecule has 4 aromatic rings. The Morgan fingerprint density at radius 2 is 1.68 bits per heavy atom. The van der Waals surface area contributed by atoms with Crippen LogP contribution in [0, 0.1) is 5.82 Å². The number of hydrogen-bond donors (Lipinski definition) is 1. The van der Waals surface area contributed by atoms with Gasteiger partial charge in [-0.3, -0.25) is 4.79 Å². The third-order valence-corrected chi connectivity index (χ3v) is 5.72. The molecule has 1 N–H and O–H groups in total. The fourth-order valence-corrected chi connectivity index (χ4v) is 4.05. The Morgan fingerprint density at radius 3 is 2.39 bits per heavy atom. The number of benzene rings is 3. The molecule has 0 fully saturated rings. The number of halogens is 1. The fraction of sp³-hybridized carbons (Fsp3) is 0.0909. The van der Waals surface area contributed by atoms with Crippen LogP contribution in [0.4, 0.5) is 10.1 Å². The van der Waals surface area contributed by atoms with Gasteiger partial charge in [0.05, 0.1) is 11.0 Å². The van der Waals surface area contributed by atoms with Crippen molar-refractivity contribution in [3.63, 3.8) is 0 Å². The summed E-state index contributed by atoms with van der Waals surface area (Å²) >= 11 is 1.39. The summed E-state index contributed by atoms with van der Waals surface area (Å²) in [4.78, 5) is 17.7. The van der Waals surface area contributed by atoms with Gasteiger partial charge >= 0.3 is 0 Å². The standard InChI is InChI=1S/C22H18FN3OS/c1-26-19-10-6-5-9-18(19)25-22(26)28-20(15-7-3-2-4-8-15)21(27)24-17-13-11-16(23)12-14-17/h2-14,20H,1H3,(H,24,27)/t20-/m1/s1. The number of nitrogens with zero attached hydrogens (tertiary/aromatic N) is 2. The predicted molar refractivity (Wildman–Crippen MR) is 111 cm³/mol.